The van der Waals surface area contributed by atoms with Gasteiger partial charge in [0, 0.05) is 38.7 Å². The van der Waals surface area contributed by atoms with Crippen LogP contribution in [0.3, 0.4) is 0 Å². The van der Waals surface area contributed by atoms with Crippen molar-refractivity contribution in [3.8, 4) is 0 Å². The minimum Gasteiger partial charge on any atom is -0.425 e. The number of rotatable bonds is 4. The van der Waals surface area contributed by atoms with Gasteiger partial charge in [0.05, 0.1) is 5.41 Å². The summed E-state index contributed by atoms with van der Waals surface area (Å²) < 4.78 is 10.4. The van der Waals surface area contributed by atoms with Gasteiger partial charge in [-0.15, -0.1) is 0 Å². The van der Waals surface area contributed by atoms with Gasteiger partial charge in [-0.25, -0.2) is 4.79 Å². The second-order valence-corrected chi connectivity index (χ2v) is 7.41. The number of anilines is 1. The Morgan fingerprint density at radius 3 is 2.40 bits per heavy atom. The molecule has 6 heteroatoms. The van der Waals surface area contributed by atoms with Crippen LogP contribution in [0.25, 0.3) is 0 Å². The monoisotopic (exact) mass is 348 g/mol. The highest BCUT2D eigenvalue weighted by atomic mass is 16.7. The number of benzene rings is 1. The number of nitrogens with one attached hydrogen (secondary N) is 1. The van der Waals surface area contributed by atoms with Gasteiger partial charge in [-0.1, -0.05) is 12.1 Å². The minimum atomic E-state index is -0.895. The number of carbonyl (C=O) groups excluding carboxylic acids is 2. The number of ether oxygens (including phenoxy) is 2. The molecule has 1 aromatic carbocycles. The Hall–Kier alpha value is -2.24. The zero-order valence-electron chi connectivity index (χ0n) is 15.7. The molecule has 1 aliphatic rings. The molecule has 0 aliphatic carbocycles. The van der Waals surface area contributed by atoms with Crippen molar-refractivity contribution < 1.29 is 19.1 Å². The van der Waals surface area contributed by atoms with Gasteiger partial charge in [0.1, 0.15) is 0 Å². The average Bonchev–Trinajstić information content (AvgIpc) is 3.04. The van der Waals surface area contributed by atoms with Crippen molar-refractivity contribution in [2.45, 2.75) is 46.3 Å². The van der Waals surface area contributed by atoms with Crippen LogP contribution in [0.2, 0.25) is 0 Å². The van der Waals surface area contributed by atoms with Gasteiger partial charge < -0.3 is 19.7 Å². The molecule has 1 N–H and O–H groups in total. The zero-order chi connectivity index (χ0) is 18.6. The van der Waals surface area contributed by atoms with E-state index in [1.807, 2.05) is 19.2 Å². The third-order valence-electron chi connectivity index (χ3n) is 4.27. The third-order valence-corrected chi connectivity index (χ3v) is 4.27. The Labute approximate surface area is 149 Å². The molecule has 25 heavy (non-hydrogen) atoms. The number of hydrogen-bond acceptors (Lipinski definition) is 5. The smallest absolute Gasteiger partial charge is 0.412 e. The van der Waals surface area contributed by atoms with E-state index in [2.05, 4.69) is 17.4 Å². The van der Waals surface area contributed by atoms with Crippen LogP contribution < -0.4 is 5.32 Å². The van der Waals surface area contributed by atoms with Gasteiger partial charge in [-0.05, 0) is 44.9 Å². The van der Waals surface area contributed by atoms with Crippen LogP contribution in [0.4, 0.5) is 10.5 Å². The molecule has 2 unspecified atom stereocenters. The van der Waals surface area contributed by atoms with E-state index < -0.39 is 23.8 Å². The molecule has 2 atom stereocenters. The summed E-state index contributed by atoms with van der Waals surface area (Å²) in [5, 5.41) is 3.09. The Morgan fingerprint density at radius 2 is 1.84 bits per heavy atom. The fraction of sp³-hybridized carbons (Fsp3) is 0.579. The van der Waals surface area contributed by atoms with Crippen LogP contribution >= 0.6 is 0 Å². The molecule has 1 aromatic rings. The number of nitrogens with zero attached hydrogens (tertiary/aromatic N) is 1. The van der Waals surface area contributed by atoms with E-state index in [1.165, 1.54) is 5.56 Å². The summed E-state index contributed by atoms with van der Waals surface area (Å²) in [5.74, 6) is -0.0948. The van der Waals surface area contributed by atoms with E-state index in [4.69, 9.17) is 9.47 Å². The minimum absolute atomic E-state index is 0.297. The van der Waals surface area contributed by atoms with E-state index in [9.17, 15) is 9.59 Å². The molecular weight excluding hydrogens is 320 g/mol. The lowest BCUT2D eigenvalue weighted by Gasteiger charge is -2.23. The first-order valence-corrected chi connectivity index (χ1v) is 8.65. The first kappa shape index (κ1) is 19.1. The molecule has 0 saturated carbocycles. The lowest BCUT2D eigenvalue weighted by molar-refractivity contribution is -0.175. The largest absolute Gasteiger partial charge is 0.425 e. The molecule has 1 heterocycles. The van der Waals surface area contributed by atoms with Crippen LogP contribution in [-0.2, 0) is 14.3 Å². The Kier molecular flexibility index (Phi) is 5.93. The van der Waals surface area contributed by atoms with Gasteiger partial charge >= 0.3 is 12.1 Å². The first-order chi connectivity index (χ1) is 11.7. The Balaban J connectivity index is 1.86. The second-order valence-electron chi connectivity index (χ2n) is 7.41. The van der Waals surface area contributed by atoms with Crippen molar-refractivity contribution in [1.82, 2.24) is 4.90 Å². The summed E-state index contributed by atoms with van der Waals surface area (Å²) in [6, 6.07) is 8.23. The third kappa shape index (κ3) is 5.11. The molecule has 1 fully saturated rings. The quantitative estimate of drug-likeness (QED) is 0.665. The van der Waals surface area contributed by atoms with E-state index >= 15 is 0 Å². The van der Waals surface area contributed by atoms with Crippen LogP contribution in [-0.4, -0.2) is 43.4 Å². The Bertz CT molecular complexity index is 607. The highest BCUT2D eigenvalue weighted by Gasteiger charge is 2.31. The molecule has 2 rings (SSSR count). The fourth-order valence-electron chi connectivity index (χ4n) is 2.69. The summed E-state index contributed by atoms with van der Waals surface area (Å²) in [6.45, 7) is 8.08. The summed E-state index contributed by atoms with van der Waals surface area (Å²) in [6.07, 6.45) is -0.443. The van der Waals surface area contributed by atoms with Crippen molar-refractivity contribution in [3.63, 3.8) is 0 Å². The predicted octanol–water partition coefficient (Wildman–Crippen LogP) is 3.59. The highest BCUT2D eigenvalue weighted by molar-refractivity contribution is 5.75. The van der Waals surface area contributed by atoms with Crippen LogP contribution in [0.15, 0.2) is 24.3 Å². The molecule has 0 aromatic heterocycles. The highest BCUT2D eigenvalue weighted by Crippen LogP contribution is 2.28. The topological polar surface area (TPSA) is 67.9 Å². The number of esters is 1. The molecule has 1 amide bonds. The normalized spacial score (nSPS) is 18.6. The van der Waals surface area contributed by atoms with Crippen molar-refractivity contribution >= 4 is 17.7 Å². The van der Waals surface area contributed by atoms with Gasteiger partial charge in [0.25, 0.3) is 0 Å². The predicted molar refractivity (Wildman–Crippen MR) is 96.4 cm³/mol. The maximum atomic E-state index is 12.3. The van der Waals surface area contributed by atoms with Gasteiger partial charge in [0.2, 0.25) is 6.29 Å². The van der Waals surface area contributed by atoms with Crippen LogP contribution in [0.1, 0.15) is 45.6 Å². The van der Waals surface area contributed by atoms with Crippen LogP contribution in [0.5, 0.6) is 0 Å². The van der Waals surface area contributed by atoms with Crippen molar-refractivity contribution in [2.24, 2.45) is 5.41 Å². The second kappa shape index (κ2) is 7.76. The van der Waals surface area contributed by atoms with Crippen molar-refractivity contribution in [2.75, 3.05) is 25.5 Å². The molecular formula is C19H28N2O4. The number of carbonyl (C=O) groups is 2. The van der Waals surface area contributed by atoms with E-state index in [0.29, 0.717) is 19.0 Å². The SMILES string of the molecule is CNc1ccc(C2CCN(C(=O)OC(C)OC(=O)C(C)(C)C)C2)cc1. The molecule has 6 nitrogen and oxygen atoms in total. The summed E-state index contributed by atoms with van der Waals surface area (Å²) in [5.41, 5.74) is 1.65. The van der Waals surface area contributed by atoms with E-state index in [-0.39, 0.29) is 0 Å². The molecule has 0 bridgehead atoms. The van der Waals surface area contributed by atoms with Gasteiger partial charge in [-0.3, -0.25) is 4.79 Å². The van der Waals surface area contributed by atoms with Gasteiger partial charge in [0.15, 0.2) is 0 Å². The van der Waals surface area contributed by atoms with Gasteiger partial charge in [-0.2, -0.15) is 0 Å². The molecule has 0 spiro atoms. The van der Waals surface area contributed by atoms with E-state index in [1.54, 1.807) is 32.6 Å². The summed E-state index contributed by atoms with van der Waals surface area (Å²) in [4.78, 5) is 25.8. The van der Waals surface area contributed by atoms with E-state index in [0.717, 1.165) is 12.1 Å². The molecule has 1 saturated heterocycles. The maximum Gasteiger partial charge on any atom is 0.412 e. The number of likely N-dealkylation sites (tertiary alicyclic amines) is 1. The summed E-state index contributed by atoms with van der Waals surface area (Å²) >= 11 is 0. The summed E-state index contributed by atoms with van der Waals surface area (Å²) in [7, 11) is 1.88. The number of amides is 1. The standard InChI is InChI=1S/C19H28N2O4/c1-13(24-17(22)19(2,3)4)25-18(23)21-11-10-15(12-21)14-6-8-16(20-5)9-7-14/h6-9,13,15,20H,10-12H2,1-5H3. The first-order valence-electron chi connectivity index (χ1n) is 8.65. The van der Waals surface area contributed by atoms with Crippen molar-refractivity contribution in [3.05, 3.63) is 29.8 Å². The van der Waals surface area contributed by atoms with Crippen LogP contribution in [0, 0.1) is 5.41 Å². The maximum absolute atomic E-state index is 12.3. The lowest BCUT2D eigenvalue weighted by atomic mass is 9.97. The zero-order valence-corrected chi connectivity index (χ0v) is 15.7. The molecule has 1 aliphatic heterocycles. The molecule has 0 radical (unpaired) electrons. The average molecular weight is 348 g/mol. The fourth-order valence-corrected chi connectivity index (χ4v) is 2.69. The molecule has 138 valence electrons. The van der Waals surface area contributed by atoms with Crippen molar-refractivity contribution in [1.29, 1.82) is 0 Å². The number of hydrogen-bond donors (Lipinski definition) is 1. The Morgan fingerprint density at radius 1 is 1.20 bits per heavy atom. The lowest BCUT2D eigenvalue weighted by Crippen LogP contribution is -2.35.